The van der Waals surface area contributed by atoms with Gasteiger partial charge in [-0.1, -0.05) is 11.8 Å². The van der Waals surface area contributed by atoms with Crippen molar-refractivity contribution in [2.45, 2.75) is 9.79 Å². The predicted molar refractivity (Wildman–Crippen MR) is 69.0 cm³/mol. The number of nitrogens with zero attached hydrogens (tertiary/aromatic N) is 1. The lowest BCUT2D eigenvalue weighted by Crippen LogP contribution is -1.94. The van der Waals surface area contributed by atoms with E-state index in [0.29, 0.717) is 11.2 Å². The van der Waals surface area contributed by atoms with Crippen LogP contribution in [-0.4, -0.2) is 11.2 Å². The fraction of sp³-hybridized carbons (Fsp3) is 0. The molecule has 0 aliphatic rings. The van der Waals surface area contributed by atoms with Crippen molar-refractivity contribution < 1.29 is 18.5 Å². The van der Waals surface area contributed by atoms with Crippen LogP contribution < -0.4 is 0 Å². The highest BCUT2D eigenvalue weighted by atomic mass is 32.2. The lowest BCUT2D eigenvalue weighted by molar-refractivity contribution is -0.385. The summed E-state index contributed by atoms with van der Waals surface area (Å²) < 4.78 is 26.3. The van der Waals surface area contributed by atoms with E-state index in [1.165, 1.54) is 24.3 Å². The van der Waals surface area contributed by atoms with Gasteiger partial charge in [-0.25, -0.2) is 8.78 Å². The number of hydrogen-bond donors (Lipinski definition) is 0. The van der Waals surface area contributed by atoms with Crippen LogP contribution >= 0.6 is 11.8 Å². The Morgan fingerprint density at radius 1 is 1.15 bits per heavy atom. The Kier molecular flexibility index (Phi) is 4.09. The molecular formula is C13H7F2NO3S. The van der Waals surface area contributed by atoms with Gasteiger partial charge in [-0.3, -0.25) is 14.9 Å². The summed E-state index contributed by atoms with van der Waals surface area (Å²) in [6, 6.07) is 6.98. The van der Waals surface area contributed by atoms with Gasteiger partial charge in [-0.2, -0.15) is 0 Å². The average molecular weight is 295 g/mol. The van der Waals surface area contributed by atoms with Crippen molar-refractivity contribution in [1.82, 2.24) is 0 Å². The second kappa shape index (κ2) is 5.79. The number of benzene rings is 2. The number of carbonyl (C=O) groups excluding carboxylic acids is 1. The maximum absolute atomic E-state index is 13.5. The van der Waals surface area contributed by atoms with Crippen LogP contribution in [0, 0.1) is 21.7 Å². The van der Waals surface area contributed by atoms with E-state index in [0.717, 1.165) is 23.9 Å². The van der Waals surface area contributed by atoms with Crippen LogP contribution in [0.5, 0.6) is 0 Å². The summed E-state index contributed by atoms with van der Waals surface area (Å²) in [5, 5.41) is 10.7. The number of nitro benzene ring substituents is 1. The summed E-state index contributed by atoms with van der Waals surface area (Å²) in [5.41, 5.74) is -0.411. The second-order valence-electron chi connectivity index (χ2n) is 3.77. The second-order valence-corrected chi connectivity index (χ2v) is 4.89. The number of aldehydes is 1. The molecule has 0 N–H and O–H groups in total. The van der Waals surface area contributed by atoms with Crippen molar-refractivity contribution in [1.29, 1.82) is 0 Å². The monoisotopic (exact) mass is 295 g/mol. The molecule has 2 aromatic carbocycles. The van der Waals surface area contributed by atoms with Gasteiger partial charge in [-0.15, -0.1) is 0 Å². The lowest BCUT2D eigenvalue weighted by atomic mass is 10.2. The van der Waals surface area contributed by atoms with E-state index >= 15 is 0 Å². The van der Waals surface area contributed by atoms with Gasteiger partial charge in [0, 0.05) is 21.9 Å². The van der Waals surface area contributed by atoms with Gasteiger partial charge < -0.3 is 0 Å². The normalized spacial score (nSPS) is 10.3. The summed E-state index contributed by atoms with van der Waals surface area (Å²) in [6.45, 7) is 0. The third-order valence-electron chi connectivity index (χ3n) is 2.44. The van der Waals surface area contributed by atoms with Crippen LogP contribution in [0.3, 0.4) is 0 Å². The maximum atomic E-state index is 13.5. The highest BCUT2D eigenvalue weighted by Crippen LogP contribution is 2.32. The molecule has 0 amide bonds. The molecule has 0 fully saturated rings. The van der Waals surface area contributed by atoms with E-state index in [9.17, 15) is 23.7 Å². The number of carbonyl (C=O) groups is 1. The molecule has 0 atom stereocenters. The molecule has 20 heavy (non-hydrogen) atoms. The van der Waals surface area contributed by atoms with Crippen molar-refractivity contribution in [3.63, 3.8) is 0 Å². The van der Waals surface area contributed by atoms with Crippen molar-refractivity contribution >= 4 is 23.7 Å². The van der Waals surface area contributed by atoms with Crippen LogP contribution in [0.1, 0.15) is 10.4 Å². The molecule has 7 heteroatoms. The number of hydrogen-bond acceptors (Lipinski definition) is 4. The third-order valence-corrected chi connectivity index (χ3v) is 3.49. The van der Waals surface area contributed by atoms with Crippen molar-refractivity contribution in [2.24, 2.45) is 0 Å². The van der Waals surface area contributed by atoms with Crippen molar-refractivity contribution in [3.05, 3.63) is 63.7 Å². The van der Waals surface area contributed by atoms with Crippen LogP contribution in [0.25, 0.3) is 0 Å². The Balaban J connectivity index is 2.34. The summed E-state index contributed by atoms with van der Waals surface area (Å²) in [4.78, 5) is 21.4. The highest BCUT2D eigenvalue weighted by Gasteiger charge is 2.14. The third kappa shape index (κ3) is 3.00. The molecule has 0 aromatic heterocycles. The minimum absolute atomic E-state index is 0.0949. The first kappa shape index (κ1) is 14.1. The Bertz CT molecular complexity index is 691. The Morgan fingerprint density at radius 3 is 2.50 bits per heavy atom. The highest BCUT2D eigenvalue weighted by molar-refractivity contribution is 7.99. The molecule has 0 radical (unpaired) electrons. The standard InChI is InChI=1S/C13H7F2NO3S/c14-9-1-4-13(11(15)6-9)20-10-2-3-12(16(18)19)8(5-10)7-17/h1-7H. The Labute approximate surface area is 116 Å². The van der Waals surface area contributed by atoms with Crippen LogP contribution in [0.4, 0.5) is 14.5 Å². The van der Waals surface area contributed by atoms with E-state index < -0.39 is 16.6 Å². The zero-order valence-corrected chi connectivity index (χ0v) is 10.7. The average Bonchev–Trinajstić information content (AvgIpc) is 2.41. The zero-order chi connectivity index (χ0) is 14.7. The van der Waals surface area contributed by atoms with Gasteiger partial charge in [0.1, 0.15) is 11.6 Å². The number of nitro groups is 1. The molecule has 0 aliphatic carbocycles. The van der Waals surface area contributed by atoms with Crippen LogP contribution in [0.15, 0.2) is 46.2 Å². The fourth-order valence-corrected chi connectivity index (χ4v) is 2.41. The van der Waals surface area contributed by atoms with E-state index in [1.807, 2.05) is 0 Å². The van der Waals surface area contributed by atoms with Gasteiger partial charge in [0.05, 0.1) is 10.5 Å². The number of halogens is 2. The molecule has 0 spiro atoms. The lowest BCUT2D eigenvalue weighted by Gasteiger charge is -2.04. The Hall–Kier alpha value is -2.28. The smallest absolute Gasteiger partial charge is 0.279 e. The maximum Gasteiger partial charge on any atom is 0.279 e. The molecular weight excluding hydrogens is 288 g/mol. The van der Waals surface area contributed by atoms with Gasteiger partial charge in [0.2, 0.25) is 0 Å². The predicted octanol–water partition coefficient (Wildman–Crippen LogP) is 3.84. The summed E-state index contributed by atoms with van der Waals surface area (Å²) in [7, 11) is 0. The molecule has 4 nitrogen and oxygen atoms in total. The fourth-order valence-electron chi connectivity index (χ4n) is 1.54. The SMILES string of the molecule is O=Cc1cc(Sc2ccc(F)cc2F)ccc1[N+](=O)[O-]. The van der Waals surface area contributed by atoms with Gasteiger partial charge in [0.25, 0.3) is 5.69 Å². The summed E-state index contributed by atoms with van der Waals surface area (Å²) in [5.74, 6) is -1.43. The Morgan fingerprint density at radius 2 is 1.90 bits per heavy atom. The number of rotatable bonds is 4. The summed E-state index contributed by atoms with van der Waals surface area (Å²) in [6.07, 6.45) is 0.364. The van der Waals surface area contributed by atoms with Gasteiger partial charge in [-0.05, 0) is 24.3 Å². The molecule has 2 aromatic rings. The van der Waals surface area contributed by atoms with Crippen LogP contribution in [-0.2, 0) is 0 Å². The van der Waals surface area contributed by atoms with Gasteiger partial charge >= 0.3 is 0 Å². The molecule has 0 aliphatic heterocycles. The quantitative estimate of drug-likeness (QED) is 0.488. The largest absolute Gasteiger partial charge is 0.298 e. The minimum Gasteiger partial charge on any atom is -0.298 e. The van der Waals surface area contributed by atoms with E-state index in [4.69, 9.17) is 0 Å². The van der Waals surface area contributed by atoms with Crippen molar-refractivity contribution in [2.75, 3.05) is 0 Å². The van der Waals surface area contributed by atoms with Crippen molar-refractivity contribution in [3.8, 4) is 0 Å². The molecule has 0 saturated carbocycles. The first-order chi connectivity index (χ1) is 9.51. The molecule has 0 bridgehead atoms. The van der Waals surface area contributed by atoms with Crippen LogP contribution in [0.2, 0.25) is 0 Å². The molecule has 0 saturated heterocycles. The zero-order valence-electron chi connectivity index (χ0n) is 9.88. The molecule has 0 unspecified atom stereocenters. The topological polar surface area (TPSA) is 60.2 Å². The molecule has 2 rings (SSSR count). The van der Waals surface area contributed by atoms with E-state index in [1.54, 1.807) is 0 Å². The first-order valence-corrected chi connectivity index (χ1v) is 6.19. The molecule has 0 heterocycles. The summed E-state index contributed by atoms with van der Waals surface area (Å²) >= 11 is 0.950. The van der Waals surface area contributed by atoms with E-state index in [2.05, 4.69) is 0 Å². The molecule has 102 valence electrons. The van der Waals surface area contributed by atoms with E-state index in [-0.39, 0.29) is 16.1 Å². The van der Waals surface area contributed by atoms with Gasteiger partial charge in [0.15, 0.2) is 6.29 Å². The minimum atomic E-state index is -0.735. The first-order valence-electron chi connectivity index (χ1n) is 5.38.